The monoisotopic (exact) mass is 246 g/mol. The van der Waals surface area contributed by atoms with Crippen LogP contribution < -0.4 is 0 Å². The first-order valence-electron chi connectivity index (χ1n) is 3.90. The summed E-state index contributed by atoms with van der Waals surface area (Å²) in [4.78, 5) is 10.9. The molecule has 1 aromatic rings. The number of carboxylic acids is 1. The number of aromatic carboxylic acids is 1. The molecule has 0 bridgehead atoms. The minimum absolute atomic E-state index is 0.148. The molecule has 0 aliphatic heterocycles. The zero-order chi connectivity index (χ0) is 10.2. The number of rotatable bonds is 2. The van der Waals surface area contributed by atoms with Crippen LogP contribution in [0.2, 0.25) is 0 Å². The van der Waals surface area contributed by atoms with Gasteiger partial charge in [-0.25, -0.2) is 4.79 Å². The van der Waals surface area contributed by atoms with E-state index < -0.39 is 5.97 Å². The number of aromatic nitrogens is 2. The van der Waals surface area contributed by atoms with Gasteiger partial charge in [0.2, 0.25) is 0 Å². The zero-order valence-electron chi connectivity index (χ0n) is 7.71. The number of nitrogens with zero attached hydrogens (tertiary/aromatic N) is 2. The van der Waals surface area contributed by atoms with Crippen molar-refractivity contribution < 1.29 is 9.90 Å². The van der Waals surface area contributed by atoms with Gasteiger partial charge in [0.15, 0.2) is 0 Å². The topological polar surface area (TPSA) is 55.1 Å². The Labute approximate surface area is 84.7 Å². The molecule has 72 valence electrons. The highest BCUT2D eigenvalue weighted by atomic mass is 79.9. The first-order chi connectivity index (χ1) is 5.95. The molecular formula is C8H11BrN2O2. The van der Waals surface area contributed by atoms with Crippen LogP contribution >= 0.6 is 15.9 Å². The van der Waals surface area contributed by atoms with Crippen molar-refractivity contribution in [3.05, 3.63) is 15.9 Å². The van der Waals surface area contributed by atoms with Gasteiger partial charge in [0.05, 0.1) is 5.69 Å². The summed E-state index contributed by atoms with van der Waals surface area (Å²) >= 11 is 3.12. The molecule has 0 aliphatic rings. The summed E-state index contributed by atoms with van der Waals surface area (Å²) in [6, 6.07) is 0. The van der Waals surface area contributed by atoms with Crippen LogP contribution in [0.15, 0.2) is 4.60 Å². The molecule has 0 fully saturated rings. The van der Waals surface area contributed by atoms with Crippen molar-refractivity contribution in [3.8, 4) is 0 Å². The molecule has 5 heteroatoms. The number of hydrogen-bond acceptors (Lipinski definition) is 2. The molecule has 0 unspecified atom stereocenters. The Morgan fingerprint density at radius 1 is 1.62 bits per heavy atom. The van der Waals surface area contributed by atoms with E-state index in [9.17, 15) is 4.79 Å². The molecule has 1 N–H and O–H groups in total. The van der Waals surface area contributed by atoms with Crippen LogP contribution in [0.5, 0.6) is 0 Å². The van der Waals surface area contributed by atoms with Crippen molar-refractivity contribution in [2.75, 3.05) is 0 Å². The maximum Gasteiger partial charge on any atom is 0.340 e. The van der Waals surface area contributed by atoms with Gasteiger partial charge in [0.25, 0.3) is 0 Å². The molecule has 0 saturated carbocycles. The number of hydrogen-bond donors (Lipinski definition) is 1. The molecule has 1 rings (SSSR count). The summed E-state index contributed by atoms with van der Waals surface area (Å²) in [5.74, 6) is -0.793. The lowest BCUT2D eigenvalue weighted by molar-refractivity contribution is 0.0694. The lowest BCUT2D eigenvalue weighted by atomic mass is 10.1. The van der Waals surface area contributed by atoms with Crippen molar-refractivity contribution in [3.63, 3.8) is 0 Å². The molecule has 0 saturated heterocycles. The largest absolute Gasteiger partial charge is 0.478 e. The third-order valence-corrected chi connectivity index (χ3v) is 2.36. The van der Waals surface area contributed by atoms with Crippen molar-refractivity contribution >= 4 is 21.9 Å². The van der Waals surface area contributed by atoms with E-state index in [1.165, 1.54) is 0 Å². The molecule has 4 nitrogen and oxygen atoms in total. The summed E-state index contributed by atoms with van der Waals surface area (Å²) < 4.78 is 1.99. The van der Waals surface area contributed by atoms with Crippen LogP contribution in [0, 0.1) is 0 Å². The first kappa shape index (κ1) is 10.2. The SMILES string of the molecule is CC(C)c1c(C(=O)O)c(Br)nn1C. The van der Waals surface area contributed by atoms with Crippen LogP contribution in [0.4, 0.5) is 0 Å². The summed E-state index contributed by atoms with van der Waals surface area (Å²) in [5.41, 5.74) is 0.997. The molecule has 1 aromatic heterocycles. The number of carboxylic acid groups (broad SMARTS) is 1. The zero-order valence-corrected chi connectivity index (χ0v) is 9.29. The molecule has 1 heterocycles. The van der Waals surface area contributed by atoms with E-state index >= 15 is 0 Å². The predicted octanol–water partition coefficient (Wildman–Crippen LogP) is 2.00. The fourth-order valence-electron chi connectivity index (χ4n) is 1.36. The maximum atomic E-state index is 10.9. The van der Waals surface area contributed by atoms with Crippen molar-refractivity contribution in [2.24, 2.45) is 7.05 Å². The normalized spacial score (nSPS) is 10.8. The highest BCUT2D eigenvalue weighted by Gasteiger charge is 2.22. The van der Waals surface area contributed by atoms with Crippen LogP contribution in [-0.2, 0) is 7.05 Å². The van der Waals surface area contributed by atoms with Gasteiger partial charge in [-0.05, 0) is 21.8 Å². The number of aryl methyl sites for hydroxylation is 1. The average molecular weight is 247 g/mol. The molecular weight excluding hydrogens is 236 g/mol. The second-order valence-corrected chi connectivity index (χ2v) is 3.89. The maximum absolute atomic E-state index is 10.9. The highest BCUT2D eigenvalue weighted by Crippen LogP contribution is 2.25. The van der Waals surface area contributed by atoms with Crippen molar-refractivity contribution in [1.29, 1.82) is 0 Å². The van der Waals surface area contributed by atoms with Crippen LogP contribution in [0.3, 0.4) is 0 Å². The third kappa shape index (κ3) is 1.75. The standard InChI is InChI=1S/C8H11BrN2O2/c1-4(2)6-5(8(12)13)7(9)10-11(6)3/h4H,1-3H3,(H,12,13). The van der Waals surface area contributed by atoms with Crippen molar-refractivity contribution in [1.82, 2.24) is 9.78 Å². The van der Waals surface area contributed by atoms with Gasteiger partial charge in [-0.3, -0.25) is 4.68 Å². The molecule has 0 radical (unpaired) electrons. The fourth-order valence-corrected chi connectivity index (χ4v) is 1.97. The minimum Gasteiger partial charge on any atom is -0.478 e. The van der Waals surface area contributed by atoms with Gasteiger partial charge in [0.1, 0.15) is 10.2 Å². The molecule has 0 atom stereocenters. The summed E-state index contributed by atoms with van der Waals surface area (Å²) in [5, 5.41) is 12.9. The fraction of sp³-hybridized carbons (Fsp3) is 0.500. The van der Waals surface area contributed by atoms with Crippen molar-refractivity contribution in [2.45, 2.75) is 19.8 Å². The smallest absolute Gasteiger partial charge is 0.340 e. The summed E-state index contributed by atoms with van der Waals surface area (Å²) in [7, 11) is 1.74. The number of carbonyl (C=O) groups is 1. The van der Waals surface area contributed by atoms with E-state index in [0.717, 1.165) is 5.69 Å². The summed E-state index contributed by atoms with van der Waals surface area (Å²) in [6.45, 7) is 3.88. The second kappa shape index (κ2) is 3.49. The van der Waals surface area contributed by atoms with Crippen LogP contribution in [0.25, 0.3) is 0 Å². The van der Waals surface area contributed by atoms with E-state index in [0.29, 0.717) is 4.60 Å². The van der Waals surface area contributed by atoms with E-state index in [4.69, 9.17) is 5.11 Å². The van der Waals surface area contributed by atoms with E-state index in [-0.39, 0.29) is 11.5 Å². The Balaban J connectivity index is 3.38. The Kier molecular flexibility index (Phi) is 2.75. The predicted molar refractivity (Wildman–Crippen MR) is 52.0 cm³/mol. The van der Waals surface area contributed by atoms with Gasteiger partial charge in [-0.1, -0.05) is 13.8 Å². The summed E-state index contributed by atoms with van der Waals surface area (Å²) in [6.07, 6.45) is 0. The Morgan fingerprint density at radius 3 is 2.46 bits per heavy atom. The van der Waals surface area contributed by atoms with Crippen LogP contribution in [-0.4, -0.2) is 20.9 Å². The van der Waals surface area contributed by atoms with Crippen LogP contribution in [0.1, 0.15) is 35.8 Å². The van der Waals surface area contributed by atoms with Gasteiger partial charge >= 0.3 is 5.97 Å². The van der Waals surface area contributed by atoms with Gasteiger partial charge in [0, 0.05) is 7.05 Å². The molecule has 0 amide bonds. The van der Waals surface area contributed by atoms with E-state index in [2.05, 4.69) is 21.0 Å². The quantitative estimate of drug-likeness (QED) is 0.869. The average Bonchev–Trinajstić information content (AvgIpc) is 2.24. The molecule has 0 spiro atoms. The second-order valence-electron chi connectivity index (χ2n) is 3.13. The molecule has 0 aromatic carbocycles. The van der Waals surface area contributed by atoms with E-state index in [1.807, 2.05) is 13.8 Å². The Bertz CT molecular complexity index is 344. The first-order valence-corrected chi connectivity index (χ1v) is 4.70. The van der Waals surface area contributed by atoms with Gasteiger partial charge in [-0.2, -0.15) is 5.10 Å². The molecule has 0 aliphatic carbocycles. The van der Waals surface area contributed by atoms with E-state index in [1.54, 1.807) is 11.7 Å². The Morgan fingerprint density at radius 2 is 2.15 bits per heavy atom. The lowest BCUT2D eigenvalue weighted by Gasteiger charge is -2.06. The number of halogens is 1. The highest BCUT2D eigenvalue weighted by molar-refractivity contribution is 9.10. The lowest BCUT2D eigenvalue weighted by Crippen LogP contribution is -2.06. The Hall–Kier alpha value is -0.840. The van der Waals surface area contributed by atoms with Gasteiger partial charge < -0.3 is 5.11 Å². The van der Waals surface area contributed by atoms with Gasteiger partial charge in [-0.15, -0.1) is 0 Å². The third-order valence-electron chi connectivity index (χ3n) is 1.81. The molecule has 13 heavy (non-hydrogen) atoms. The minimum atomic E-state index is -0.941.